The van der Waals surface area contributed by atoms with Crippen molar-refractivity contribution >= 4 is 0 Å². The quantitative estimate of drug-likeness (QED) is 0.637. The lowest BCUT2D eigenvalue weighted by Gasteiger charge is -2.25. The average Bonchev–Trinajstić information content (AvgIpc) is 2.79. The Labute approximate surface area is 86.1 Å². The van der Waals surface area contributed by atoms with E-state index in [4.69, 9.17) is 0 Å². The molecule has 1 heterocycles. The van der Waals surface area contributed by atoms with E-state index in [1.807, 2.05) is 0 Å². The molecule has 1 nitrogen and oxygen atoms in total. The van der Waals surface area contributed by atoms with Gasteiger partial charge < -0.3 is 4.57 Å². The first-order valence-corrected chi connectivity index (χ1v) is 6.14. The topological polar surface area (TPSA) is 4.93 Å². The van der Waals surface area contributed by atoms with E-state index in [0.717, 1.165) is 6.04 Å². The lowest BCUT2D eigenvalue weighted by Crippen LogP contribution is -2.13. The third-order valence-electron chi connectivity index (χ3n) is 3.95. The van der Waals surface area contributed by atoms with Crippen LogP contribution in [0.15, 0.2) is 12.3 Å². The summed E-state index contributed by atoms with van der Waals surface area (Å²) in [6, 6.07) is 3.20. The predicted molar refractivity (Wildman–Crippen MR) is 58.6 cm³/mol. The van der Waals surface area contributed by atoms with Gasteiger partial charge in [0.05, 0.1) is 0 Å². The van der Waals surface area contributed by atoms with Crippen LogP contribution in [0.5, 0.6) is 0 Å². The molecule has 0 aliphatic heterocycles. The van der Waals surface area contributed by atoms with Gasteiger partial charge in [0.1, 0.15) is 0 Å². The molecule has 1 aromatic rings. The maximum atomic E-state index is 2.60. The molecule has 0 spiro atoms. The van der Waals surface area contributed by atoms with Crippen molar-refractivity contribution in [2.24, 2.45) is 0 Å². The Kier molecular flexibility index (Phi) is 2.11. The Morgan fingerprint density at radius 1 is 1.00 bits per heavy atom. The first-order chi connectivity index (χ1) is 6.95. The molecule has 0 bridgehead atoms. The molecule has 3 rings (SSSR count). The normalized spacial score (nSPS) is 22.6. The van der Waals surface area contributed by atoms with Gasteiger partial charge in [-0.2, -0.15) is 0 Å². The number of aromatic nitrogens is 1. The van der Waals surface area contributed by atoms with E-state index in [1.54, 1.807) is 11.3 Å². The summed E-state index contributed by atoms with van der Waals surface area (Å²) in [5, 5.41) is 0. The minimum atomic E-state index is 0.839. The van der Waals surface area contributed by atoms with Crippen molar-refractivity contribution in [3.05, 3.63) is 23.5 Å². The molecule has 1 saturated carbocycles. The Morgan fingerprint density at radius 2 is 1.86 bits per heavy atom. The van der Waals surface area contributed by atoms with E-state index in [-0.39, 0.29) is 0 Å². The van der Waals surface area contributed by atoms with Gasteiger partial charge in [0.2, 0.25) is 0 Å². The maximum absolute atomic E-state index is 2.60. The van der Waals surface area contributed by atoms with Gasteiger partial charge in [-0.1, -0.05) is 19.3 Å². The zero-order valence-electron chi connectivity index (χ0n) is 8.84. The molecule has 2 aliphatic rings. The van der Waals surface area contributed by atoms with Crippen molar-refractivity contribution in [1.82, 2.24) is 4.57 Å². The number of hydrogen-bond donors (Lipinski definition) is 0. The summed E-state index contributed by atoms with van der Waals surface area (Å²) in [5.41, 5.74) is 3.30. The van der Waals surface area contributed by atoms with E-state index < -0.39 is 0 Å². The van der Waals surface area contributed by atoms with Crippen LogP contribution in [-0.2, 0) is 12.8 Å². The van der Waals surface area contributed by atoms with Crippen molar-refractivity contribution < 1.29 is 0 Å². The second kappa shape index (κ2) is 3.45. The van der Waals surface area contributed by atoms with Crippen LogP contribution in [0.4, 0.5) is 0 Å². The molecule has 1 heteroatoms. The van der Waals surface area contributed by atoms with Gasteiger partial charge in [-0.15, -0.1) is 0 Å². The van der Waals surface area contributed by atoms with E-state index in [2.05, 4.69) is 16.8 Å². The van der Waals surface area contributed by atoms with Crippen molar-refractivity contribution in [1.29, 1.82) is 0 Å². The van der Waals surface area contributed by atoms with Crippen molar-refractivity contribution in [3.63, 3.8) is 0 Å². The molecule has 14 heavy (non-hydrogen) atoms. The van der Waals surface area contributed by atoms with Crippen LogP contribution in [0.3, 0.4) is 0 Å². The van der Waals surface area contributed by atoms with Gasteiger partial charge in [0.25, 0.3) is 0 Å². The van der Waals surface area contributed by atoms with Gasteiger partial charge in [-0.25, -0.2) is 0 Å². The summed E-state index contributed by atoms with van der Waals surface area (Å²) in [4.78, 5) is 0. The zero-order valence-corrected chi connectivity index (χ0v) is 8.84. The van der Waals surface area contributed by atoms with Crippen LogP contribution in [0.2, 0.25) is 0 Å². The van der Waals surface area contributed by atoms with Crippen LogP contribution in [0.1, 0.15) is 55.8 Å². The van der Waals surface area contributed by atoms with E-state index in [1.165, 1.54) is 51.4 Å². The highest BCUT2D eigenvalue weighted by atomic mass is 15.0. The van der Waals surface area contributed by atoms with Crippen molar-refractivity contribution in [2.45, 2.75) is 57.4 Å². The zero-order chi connectivity index (χ0) is 9.38. The molecule has 0 atom stereocenters. The van der Waals surface area contributed by atoms with Gasteiger partial charge >= 0.3 is 0 Å². The Hall–Kier alpha value is -0.720. The van der Waals surface area contributed by atoms with Gasteiger partial charge in [0, 0.05) is 17.9 Å². The number of fused-ring (bicyclic) bond motifs is 1. The standard InChI is InChI=1S/C13H19N/c1-2-6-12(7-3-1)14-10-9-11-5-4-8-13(11)14/h9-10,12H,1-8H2. The molecule has 0 unspecified atom stereocenters. The molecule has 0 saturated heterocycles. The number of nitrogens with zero attached hydrogens (tertiary/aromatic N) is 1. The summed E-state index contributed by atoms with van der Waals surface area (Å²) < 4.78 is 2.60. The maximum Gasteiger partial charge on any atom is 0.0333 e. The van der Waals surface area contributed by atoms with Gasteiger partial charge in [0.15, 0.2) is 0 Å². The molecular formula is C13H19N. The minimum absolute atomic E-state index is 0.839. The van der Waals surface area contributed by atoms with Crippen LogP contribution < -0.4 is 0 Å². The largest absolute Gasteiger partial charge is 0.348 e. The van der Waals surface area contributed by atoms with Crippen molar-refractivity contribution in [3.8, 4) is 0 Å². The third kappa shape index (κ3) is 1.30. The summed E-state index contributed by atoms with van der Waals surface area (Å²) in [6.07, 6.45) is 13.6. The van der Waals surface area contributed by atoms with Crippen LogP contribution >= 0.6 is 0 Å². The predicted octanol–water partition coefficient (Wildman–Crippen LogP) is 3.48. The van der Waals surface area contributed by atoms with E-state index in [0.29, 0.717) is 0 Å². The fraction of sp³-hybridized carbons (Fsp3) is 0.692. The van der Waals surface area contributed by atoms with E-state index in [9.17, 15) is 0 Å². The van der Waals surface area contributed by atoms with Gasteiger partial charge in [-0.3, -0.25) is 0 Å². The van der Waals surface area contributed by atoms with Crippen LogP contribution in [0.25, 0.3) is 0 Å². The number of hydrogen-bond acceptors (Lipinski definition) is 0. The number of rotatable bonds is 1. The Bertz CT molecular complexity index is 318. The smallest absolute Gasteiger partial charge is 0.0333 e. The molecule has 0 amide bonds. The summed E-state index contributed by atoms with van der Waals surface area (Å²) in [5.74, 6) is 0. The monoisotopic (exact) mass is 189 g/mol. The molecule has 0 N–H and O–H groups in total. The minimum Gasteiger partial charge on any atom is -0.348 e. The summed E-state index contributed by atoms with van der Waals surface area (Å²) in [6.45, 7) is 0. The van der Waals surface area contributed by atoms with E-state index >= 15 is 0 Å². The van der Waals surface area contributed by atoms with Crippen LogP contribution in [0, 0.1) is 0 Å². The summed E-state index contributed by atoms with van der Waals surface area (Å²) >= 11 is 0. The Morgan fingerprint density at radius 3 is 2.71 bits per heavy atom. The molecule has 76 valence electrons. The highest BCUT2D eigenvalue weighted by Gasteiger charge is 2.21. The number of aryl methyl sites for hydroxylation is 1. The highest BCUT2D eigenvalue weighted by molar-refractivity contribution is 5.27. The summed E-state index contributed by atoms with van der Waals surface area (Å²) in [7, 11) is 0. The molecule has 1 fully saturated rings. The third-order valence-corrected chi connectivity index (χ3v) is 3.95. The molecule has 1 aromatic heterocycles. The lowest BCUT2D eigenvalue weighted by molar-refractivity contribution is 0.348. The molecule has 0 aromatic carbocycles. The lowest BCUT2D eigenvalue weighted by atomic mass is 9.95. The van der Waals surface area contributed by atoms with Gasteiger partial charge in [-0.05, 0) is 43.7 Å². The van der Waals surface area contributed by atoms with Crippen molar-refractivity contribution in [2.75, 3.05) is 0 Å². The fourth-order valence-electron chi connectivity index (χ4n) is 3.19. The molecular weight excluding hydrogens is 170 g/mol. The second-order valence-corrected chi connectivity index (χ2v) is 4.84. The second-order valence-electron chi connectivity index (χ2n) is 4.84. The Balaban J connectivity index is 1.88. The fourth-order valence-corrected chi connectivity index (χ4v) is 3.19. The highest BCUT2D eigenvalue weighted by Crippen LogP contribution is 2.33. The average molecular weight is 189 g/mol. The molecule has 2 aliphatic carbocycles. The first kappa shape index (κ1) is 8.58. The SMILES string of the molecule is c1cn(C2CCCCC2)c2c1CCC2. The van der Waals surface area contributed by atoms with Crippen LogP contribution in [-0.4, -0.2) is 4.57 Å². The first-order valence-electron chi connectivity index (χ1n) is 6.14. The molecule has 0 radical (unpaired) electrons.